The van der Waals surface area contributed by atoms with Gasteiger partial charge in [0.2, 0.25) is 10.0 Å². The van der Waals surface area contributed by atoms with Crippen molar-refractivity contribution in [2.24, 2.45) is 5.92 Å². The maximum Gasteiger partial charge on any atom is 0.303 e. The van der Waals surface area contributed by atoms with Crippen LogP contribution in [0.15, 0.2) is 29.2 Å². The number of carbonyl (C=O) groups is 1. The van der Waals surface area contributed by atoms with Crippen LogP contribution in [0.25, 0.3) is 0 Å². The summed E-state index contributed by atoms with van der Waals surface area (Å²) in [6, 6.07) is 6.36. The number of carboxylic acids is 1. The van der Waals surface area contributed by atoms with Gasteiger partial charge in [-0.2, -0.15) is 4.31 Å². The van der Waals surface area contributed by atoms with Gasteiger partial charge in [0.25, 0.3) is 0 Å². The summed E-state index contributed by atoms with van der Waals surface area (Å²) in [5, 5.41) is 8.89. The van der Waals surface area contributed by atoms with Gasteiger partial charge in [0.05, 0.1) is 11.0 Å². The van der Waals surface area contributed by atoms with Gasteiger partial charge in [-0.3, -0.25) is 4.79 Å². The van der Waals surface area contributed by atoms with Gasteiger partial charge in [-0.05, 0) is 56.9 Å². The number of aliphatic carboxylic acids is 1. The van der Waals surface area contributed by atoms with Crippen LogP contribution in [-0.4, -0.2) is 43.0 Å². The van der Waals surface area contributed by atoms with E-state index in [9.17, 15) is 13.2 Å². The van der Waals surface area contributed by atoms with Crippen molar-refractivity contribution >= 4 is 16.0 Å². The summed E-state index contributed by atoms with van der Waals surface area (Å²) in [5.41, 5.74) is 0. The normalized spacial score (nSPS) is 19.7. The third kappa shape index (κ3) is 4.68. The SMILES string of the molecule is CC(C)Oc1ccc(S(=O)(=O)N2CCCC(CC(=O)O)C2)cc1. The van der Waals surface area contributed by atoms with Crippen LogP contribution in [0.1, 0.15) is 33.1 Å². The Labute approximate surface area is 137 Å². The van der Waals surface area contributed by atoms with Crippen molar-refractivity contribution in [1.29, 1.82) is 0 Å². The van der Waals surface area contributed by atoms with Gasteiger partial charge in [-0.25, -0.2) is 8.42 Å². The molecule has 1 heterocycles. The average Bonchev–Trinajstić information content (AvgIpc) is 2.47. The van der Waals surface area contributed by atoms with Gasteiger partial charge < -0.3 is 9.84 Å². The number of carboxylic acid groups (broad SMARTS) is 1. The van der Waals surface area contributed by atoms with Gasteiger partial charge in [-0.15, -0.1) is 0 Å². The topological polar surface area (TPSA) is 83.9 Å². The number of hydrogen-bond donors (Lipinski definition) is 1. The van der Waals surface area contributed by atoms with E-state index in [1.54, 1.807) is 12.1 Å². The molecule has 1 aliphatic heterocycles. The maximum atomic E-state index is 12.7. The largest absolute Gasteiger partial charge is 0.491 e. The zero-order chi connectivity index (χ0) is 17.0. The fourth-order valence-electron chi connectivity index (χ4n) is 2.77. The minimum atomic E-state index is -3.59. The zero-order valence-corrected chi connectivity index (χ0v) is 14.3. The van der Waals surface area contributed by atoms with Crippen LogP contribution in [0, 0.1) is 5.92 Å². The predicted octanol–water partition coefficient (Wildman–Crippen LogP) is 2.35. The van der Waals surface area contributed by atoms with Crippen LogP contribution in [0.3, 0.4) is 0 Å². The van der Waals surface area contributed by atoms with E-state index >= 15 is 0 Å². The van der Waals surface area contributed by atoms with Crippen molar-refractivity contribution in [3.8, 4) is 5.75 Å². The first-order valence-electron chi connectivity index (χ1n) is 7.77. The third-order valence-electron chi connectivity index (χ3n) is 3.78. The molecule has 0 bridgehead atoms. The number of piperidine rings is 1. The smallest absolute Gasteiger partial charge is 0.303 e. The van der Waals surface area contributed by atoms with Crippen molar-refractivity contribution in [2.45, 2.75) is 44.1 Å². The summed E-state index contributed by atoms with van der Waals surface area (Å²) in [5.74, 6) is -0.384. The molecule has 0 saturated carbocycles. The van der Waals surface area contributed by atoms with Crippen LogP contribution >= 0.6 is 0 Å². The molecule has 1 aromatic rings. The summed E-state index contributed by atoms with van der Waals surface area (Å²) in [6.45, 7) is 4.50. The molecule has 1 aromatic carbocycles. The Hall–Kier alpha value is -1.60. The summed E-state index contributed by atoms with van der Waals surface area (Å²) < 4.78 is 32.3. The maximum absolute atomic E-state index is 12.7. The molecule has 1 atom stereocenters. The molecule has 0 amide bonds. The predicted molar refractivity (Wildman–Crippen MR) is 85.9 cm³/mol. The van der Waals surface area contributed by atoms with E-state index in [0.717, 1.165) is 6.42 Å². The van der Waals surface area contributed by atoms with E-state index in [-0.39, 0.29) is 29.9 Å². The van der Waals surface area contributed by atoms with Gasteiger partial charge in [-0.1, -0.05) is 0 Å². The van der Waals surface area contributed by atoms with Crippen molar-refractivity contribution in [3.63, 3.8) is 0 Å². The molecule has 7 heteroatoms. The molecule has 1 fully saturated rings. The van der Waals surface area contributed by atoms with E-state index in [2.05, 4.69) is 0 Å². The van der Waals surface area contributed by atoms with Crippen LogP contribution in [0.2, 0.25) is 0 Å². The van der Waals surface area contributed by atoms with Crippen LogP contribution in [0.4, 0.5) is 0 Å². The lowest BCUT2D eigenvalue weighted by atomic mass is 9.96. The first-order valence-corrected chi connectivity index (χ1v) is 9.21. The molecule has 2 rings (SSSR count). The summed E-state index contributed by atoms with van der Waals surface area (Å²) in [4.78, 5) is 11.1. The van der Waals surface area contributed by atoms with E-state index in [1.807, 2.05) is 13.8 Å². The van der Waals surface area contributed by atoms with E-state index in [0.29, 0.717) is 18.7 Å². The Kier molecular flexibility index (Phi) is 5.64. The monoisotopic (exact) mass is 341 g/mol. The molecule has 1 saturated heterocycles. The molecule has 128 valence electrons. The Bertz CT molecular complexity index is 639. The van der Waals surface area contributed by atoms with Crippen LogP contribution < -0.4 is 4.74 Å². The number of rotatable bonds is 6. The fraction of sp³-hybridized carbons (Fsp3) is 0.562. The first kappa shape index (κ1) is 17.7. The lowest BCUT2D eigenvalue weighted by Gasteiger charge is -2.31. The van der Waals surface area contributed by atoms with E-state index in [1.165, 1.54) is 16.4 Å². The van der Waals surface area contributed by atoms with E-state index in [4.69, 9.17) is 9.84 Å². The molecule has 1 unspecified atom stereocenters. The standard InChI is InChI=1S/C16H23NO5S/c1-12(2)22-14-5-7-15(8-6-14)23(20,21)17-9-3-4-13(11-17)10-16(18)19/h5-8,12-13H,3-4,9-11H2,1-2H3,(H,18,19). The lowest BCUT2D eigenvalue weighted by Crippen LogP contribution is -2.40. The highest BCUT2D eigenvalue weighted by atomic mass is 32.2. The van der Waals surface area contributed by atoms with Gasteiger partial charge in [0.1, 0.15) is 5.75 Å². The van der Waals surface area contributed by atoms with Gasteiger partial charge in [0, 0.05) is 19.5 Å². The number of ether oxygens (including phenoxy) is 1. The number of benzene rings is 1. The Morgan fingerprint density at radius 2 is 2.00 bits per heavy atom. The van der Waals surface area contributed by atoms with Gasteiger partial charge in [0.15, 0.2) is 0 Å². The second-order valence-electron chi connectivity index (χ2n) is 6.11. The van der Waals surface area contributed by atoms with Crippen LogP contribution in [0.5, 0.6) is 5.75 Å². The second kappa shape index (κ2) is 7.31. The molecule has 0 aliphatic carbocycles. The zero-order valence-electron chi connectivity index (χ0n) is 13.4. The molecule has 6 nitrogen and oxygen atoms in total. The molecular weight excluding hydrogens is 318 g/mol. The van der Waals surface area contributed by atoms with Gasteiger partial charge >= 0.3 is 5.97 Å². The van der Waals surface area contributed by atoms with E-state index < -0.39 is 16.0 Å². The minimum Gasteiger partial charge on any atom is -0.491 e. The molecule has 0 aromatic heterocycles. The quantitative estimate of drug-likeness (QED) is 0.858. The number of hydrogen-bond acceptors (Lipinski definition) is 4. The van der Waals surface area contributed by atoms with Crippen molar-refractivity contribution in [1.82, 2.24) is 4.31 Å². The Morgan fingerprint density at radius 3 is 2.57 bits per heavy atom. The van der Waals surface area contributed by atoms with Crippen molar-refractivity contribution in [3.05, 3.63) is 24.3 Å². The molecule has 1 aliphatic rings. The highest BCUT2D eigenvalue weighted by Gasteiger charge is 2.31. The van der Waals surface area contributed by atoms with Crippen molar-refractivity contribution in [2.75, 3.05) is 13.1 Å². The Balaban J connectivity index is 2.12. The minimum absolute atomic E-state index is 0.00713. The molecule has 1 N–H and O–H groups in total. The van der Waals surface area contributed by atoms with Crippen LogP contribution in [-0.2, 0) is 14.8 Å². The second-order valence-corrected chi connectivity index (χ2v) is 8.05. The first-order chi connectivity index (χ1) is 10.8. The Morgan fingerprint density at radius 1 is 1.35 bits per heavy atom. The molecular formula is C16H23NO5S. The molecule has 0 spiro atoms. The highest BCUT2D eigenvalue weighted by Crippen LogP contribution is 2.26. The molecule has 0 radical (unpaired) electrons. The average molecular weight is 341 g/mol. The fourth-order valence-corrected chi connectivity index (χ4v) is 4.32. The number of nitrogens with zero attached hydrogens (tertiary/aromatic N) is 1. The summed E-state index contributed by atoms with van der Waals surface area (Å²) in [6.07, 6.45) is 1.47. The third-order valence-corrected chi connectivity index (χ3v) is 5.66. The summed E-state index contributed by atoms with van der Waals surface area (Å²) in [7, 11) is -3.59. The summed E-state index contributed by atoms with van der Waals surface area (Å²) >= 11 is 0. The molecule has 23 heavy (non-hydrogen) atoms. The lowest BCUT2D eigenvalue weighted by molar-refractivity contribution is -0.138. The highest BCUT2D eigenvalue weighted by molar-refractivity contribution is 7.89. The number of sulfonamides is 1. The van der Waals surface area contributed by atoms with Crippen molar-refractivity contribution < 1.29 is 23.1 Å².